The van der Waals surface area contributed by atoms with Crippen molar-refractivity contribution in [2.45, 2.75) is 25.7 Å². The van der Waals surface area contributed by atoms with E-state index in [2.05, 4.69) is 0 Å². The first-order valence-corrected chi connectivity index (χ1v) is 3.56. The Labute approximate surface area is 82.7 Å². The fraction of sp³-hybridized carbons (Fsp3) is 0.714. The molecule has 0 atom stereocenters. The molecule has 1 rings (SSSR count). The normalized spacial score (nSPS) is 19.7. The summed E-state index contributed by atoms with van der Waals surface area (Å²) in [6, 6.07) is 0. The van der Waals surface area contributed by atoms with Crippen LogP contribution >= 0.6 is 0 Å². The van der Waals surface area contributed by atoms with E-state index in [0.29, 0.717) is 12.8 Å². The van der Waals surface area contributed by atoms with E-state index in [1.165, 1.54) is 0 Å². The summed E-state index contributed by atoms with van der Waals surface area (Å²) in [4.78, 5) is 21.2. The number of hydrogen-bond donors (Lipinski definition) is 2. The third-order valence-corrected chi connectivity index (χ3v) is 2.28. The zero-order valence-corrected chi connectivity index (χ0v) is 9.71. The van der Waals surface area contributed by atoms with Crippen LogP contribution in [0.15, 0.2) is 0 Å². The van der Waals surface area contributed by atoms with Gasteiger partial charge in [-0.2, -0.15) is 0 Å². The molecule has 0 heterocycles. The number of carbonyl (C=O) groups is 2. The monoisotopic (exact) mass is 222 g/mol. The molecular formula is C7H10O4Zn. The minimum atomic E-state index is -1.47. The fourth-order valence-corrected chi connectivity index (χ4v) is 1.50. The second-order valence-corrected chi connectivity index (χ2v) is 2.90. The second-order valence-electron chi connectivity index (χ2n) is 2.90. The van der Waals surface area contributed by atoms with Crippen molar-refractivity contribution in [1.82, 2.24) is 0 Å². The van der Waals surface area contributed by atoms with Gasteiger partial charge in [-0.05, 0) is 12.8 Å². The summed E-state index contributed by atoms with van der Waals surface area (Å²) in [7, 11) is 0. The van der Waals surface area contributed by atoms with Crippen LogP contribution in [0.4, 0.5) is 0 Å². The summed E-state index contributed by atoms with van der Waals surface area (Å²) >= 11 is 0. The molecule has 0 spiro atoms. The van der Waals surface area contributed by atoms with Crippen molar-refractivity contribution >= 4 is 11.9 Å². The third kappa shape index (κ3) is 1.66. The number of aliphatic carboxylic acids is 2. The topological polar surface area (TPSA) is 74.6 Å². The van der Waals surface area contributed by atoms with E-state index < -0.39 is 17.4 Å². The SMILES string of the molecule is O=C(O)C1(C(=O)O)CCCC1.[Zn]. The van der Waals surface area contributed by atoms with Crippen molar-refractivity contribution in [3.63, 3.8) is 0 Å². The molecule has 1 aliphatic rings. The van der Waals surface area contributed by atoms with E-state index in [9.17, 15) is 9.59 Å². The maximum absolute atomic E-state index is 10.6. The molecule has 0 unspecified atom stereocenters. The Morgan fingerprint density at radius 1 is 1.00 bits per heavy atom. The van der Waals surface area contributed by atoms with Crippen LogP contribution in [0.5, 0.6) is 0 Å². The molecule has 0 amide bonds. The van der Waals surface area contributed by atoms with Crippen LogP contribution in [0.1, 0.15) is 25.7 Å². The fourth-order valence-electron chi connectivity index (χ4n) is 1.50. The quantitative estimate of drug-likeness (QED) is 0.534. The van der Waals surface area contributed by atoms with Gasteiger partial charge in [0, 0.05) is 19.5 Å². The predicted octanol–water partition coefficient (Wildman–Crippen LogP) is 0.713. The van der Waals surface area contributed by atoms with Gasteiger partial charge in [-0.3, -0.25) is 9.59 Å². The van der Waals surface area contributed by atoms with E-state index in [-0.39, 0.29) is 32.3 Å². The van der Waals surface area contributed by atoms with Gasteiger partial charge < -0.3 is 10.2 Å². The van der Waals surface area contributed by atoms with Gasteiger partial charge in [-0.15, -0.1) is 0 Å². The van der Waals surface area contributed by atoms with Gasteiger partial charge >= 0.3 is 11.9 Å². The Bertz CT molecular complexity index is 180. The molecule has 12 heavy (non-hydrogen) atoms. The average Bonchev–Trinajstić information content (AvgIpc) is 2.34. The summed E-state index contributed by atoms with van der Waals surface area (Å²) in [5.41, 5.74) is -1.47. The first-order chi connectivity index (χ1) is 5.09. The van der Waals surface area contributed by atoms with Crippen molar-refractivity contribution < 1.29 is 39.3 Å². The predicted molar refractivity (Wildman–Crippen MR) is 36.2 cm³/mol. The van der Waals surface area contributed by atoms with Gasteiger partial charge in [-0.1, -0.05) is 12.8 Å². The molecule has 0 bridgehead atoms. The van der Waals surface area contributed by atoms with Crippen molar-refractivity contribution in [2.75, 3.05) is 0 Å². The van der Waals surface area contributed by atoms with E-state index in [4.69, 9.17) is 10.2 Å². The summed E-state index contributed by atoms with van der Waals surface area (Å²) in [5.74, 6) is -2.38. The number of carboxylic acid groups (broad SMARTS) is 2. The number of rotatable bonds is 2. The summed E-state index contributed by atoms with van der Waals surface area (Å²) in [6.07, 6.45) is 1.96. The largest absolute Gasteiger partial charge is 0.480 e. The minimum absolute atomic E-state index is 0. The van der Waals surface area contributed by atoms with Crippen molar-refractivity contribution in [2.24, 2.45) is 5.41 Å². The molecule has 1 fully saturated rings. The zero-order valence-electron chi connectivity index (χ0n) is 6.75. The van der Waals surface area contributed by atoms with E-state index in [1.807, 2.05) is 0 Å². The maximum Gasteiger partial charge on any atom is 0.321 e. The van der Waals surface area contributed by atoms with Crippen LogP contribution in [-0.4, -0.2) is 22.2 Å². The van der Waals surface area contributed by atoms with Crippen LogP contribution in [-0.2, 0) is 29.1 Å². The maximum atomic E-state index is 10.6. The average molecular weight is 224 g/mol. The Balaban J connectivity index is 0.00000121. The molecule has 5 heteroatoms. The van der Waals surface area contributed by atoms with E-state index >= 15 is 0 Å². The standard InChI is InChI=1S/C7H10O4.Zn/c8-5(9)7(6(10)11)3-1-2-4-7;/h1-4H2,(H,8,9)(H,10,11);. The molecular weight excluding hydrogens is 213 g/mol. The van der Waals surface area contributed by atoms with Crippen LogP contribution in [0.25, 0.3) is 0 Å². The van der Waals surface area contributed by atoms with Gasteiger partial charge in [0.15, 0.2) is 5.41 Å². The molecule has 0 aromatic carbocycles. The molecule has 0 aromatic rings. The van der Waals surface area contributed by atoms with Crippen molar-refractivity contribution in [3.8, 4) is 0 Å². The van der Waals surface area contributed by atoms with Gasteiger partial charge in [0.1, 0.15) is 0 Å². The summed E-state index contributed by atoms with van der Waals surface area (Å²) in [5, 5.41) is 17.3. The Morgan fingerprint density at radius 2 is 1.33 bits per heavy atom. The second kappa shape index (κ2) is 3.99. The third-order valence-electron chi connectivity index (χ3n) is 2.28. The summed E-state index contributed by atoms with van der Waals surface area (Å²) in [6.45, 7) is 0. The van der Waals surface area contributed by atoms with Crippen molar-refractivity contribution in [1.29, 1.82) is 0 Å². The van der Waals surface area contributed by atoms with Crippen LogP contribution in [0, 0.1) is 5.41 Å². The molecule has 64 valence electrons. The Hall–Kier alpha value is -0.437. The molecule has 0 aliphatic heterocycles. The van der Waals surface area contributed by atoms with E-state index in [1.54, 1.807) is 0 Å². The van der Waals surface area contributed by atoms with Crippen LogP contribution in [0.2, 0.25) is 0 Å². The van der Waals surface area contributed by atoms with Gasteiger partial charge in [0.05, 0.1) is 0 Å². The molecule has 0 aromatic heterocycles. The Kier molecular flexibility index (Phi) is 3.84. The first-order valence-electron chi connectivity index (χ1n) is 3.56. The molecule has 0 saturated heterocycles. The first kappa shape index (κ1) is 11.6. The summed E-state index contributed by atoms with van der Waals surface area (Å²) < 4.78 is 0. The molecule has 1 saturated carbocycles. The van der Waals surface area contributed by atoms with E-state index in [0.717, 1.165) is 0 Å². The number of hydrogen-bond acceptors (Lipinski definition) is 2. The molecule has 4 nitrogen and oxygen atoms in total. The Morgan fingerprint density at radius 3 is 1.50 bits per heavy atom. The minimum Gasteiger partial charge on any atom is -0.480 e. The van der Waals surface area contributed by atoms with Gasteiger partial charge in [0.25, 0.3) is 0 Å². The van der Waals surface area contributed by atoms with Crippen LogP contribution in [0.3, 0.4) is 0 Å². The zero-order chi connectivity index (χ0) is 8.48. The van der Waals surface area contributed by atoms with Crippen LogP contribution < -0.4 is 0 Å². The number of carboxylic acids is 2. The van der Waals surface area contributed by atoms with Crippen molar-refractivity contribution in [3.05, 3.63) is 0 Å². The molecule has 0 radical (unpaired) electrons. The van der Waals surface area contributed by atoms with Gasteiger partial charge in [-0.25, -0.2) is 0 Å². The van der Waals surface area contributed by atoms with Gasteiger partial charge in [0.2, 0.25) is 0 Å². The molecule has 1 aliphatic carbocycles. The smallest absolute Gasteiger partial charge is 0.321 e. The molecule has 2 N–H and O–H groups in total.